The molecule has 5 heteroatoms. The summed E-state index contributed by atoms with van der Waals surface area (Å²) >= 11 is 0. The minimum Gasteiger partial charge on any atom is -0.332 e. The first kappa shape index (κ1) is 9.41. The number of alkyl halides is 2. The van der Waals surface area contributed by atoms with Gasteiger partial charge < -0.3 is 10.7 Å². The SMILES string of the molecule is CNC1(/C=C/NN)CC(F)(F)C1. The Morgan fingerprint density at radius 1 is 1.42 bits per heavy atom. The highest BCUT2D eigenvalue weighted by Gasteiger charge is 2.54. The molecule has 0 spiro atoms. The predicted octanol–water partition coefficient (Wildman–Crippen LogP) is 0.351. The summed E-state index contributed by atoms with van der Waals surface area (Å²) in [6.07, 6.45) is 2.78. The smallest absolute Gasteiger partial charge is 0.252 e. The van der Waals surface area contributed by atoms with E-state index in [1.165, 1.54) is 6.20 Å². The van der Waals surface area contributed by atoms with Crippen LogP contribution >= 0.6 is 0 Å². The van der Waals surface area contributed by atoms with Gasteiger partial charge >= 0.3 is 0 Å². The highest BCUT2D eigenvalue weighted by atomic mass is 19.3. The molecule has 0 radical (unpaired) electrons. The Morgan fingerprint density at radius 2 is 2.00 bits per heavy atom. The molecule has 3 nitrogen and oxygen atoms in total. The van der Waals surface area contributed by atoms with Crippen LogP contribution in [0, 0.1) is 0 Å². The van der Waals surface area contributed by atoms with E-state index in [2.05, 4.69) is 10.7 Å². The molecule has 0 atom stereocenters. The maximum atomic E-state index is 12.5. The van der Waals surface area contributed by atoms with Gasteiger partial charge in [0.15, 0.2) is 0 Å². The topological polar surface area (TPSA) is 50.1 Å². The number of hydrogen-bond acceptors (Lipinski definition) is 3. The van der Waals surface area contributed by atoms with E-state index in [4.69, 9.17) is 5.84 Å². The first-order chi connectivity index (χ1) is 5.54. The summed E-state index contributed by atoms with van der Waals surface area (Å²) in [4.78, 5) is 0. The monoisotopic (exact) mass is 177 g/mol. The largest absolute Gasteiger partial charge is 0.332 e. The van der Waals surface area contributed by atoms with Gasteiger partial charge in [-0.25, -0.2) is 8.78 Å². The van der Waals surface area contributed by atoms with Crippen molar-refractivity contribution in [3.63, 3.8) is 0 Å². The number of halogens is 2. The molecule has 0 heterocycles. The van der Waals surface area contributed by atoms with E-state index in [1.807, 2.05) is 0 Å². The Labute approximate surface area is 70.0 Å². The molecular weight excluding hydrogens is 164 g/mol. The van der Waals surface area contributed by atoms with Crippen molar-refractivity contribution in [3.05, 3.63) is 12.3 Å². The molecule has 1 saturated carbocycles. The lowest BCUT2D eigenvalue weighted by molar-refractivity contribution is -0.116. The summed E-state index contributed by atoms with van der Waals surface area (Å²) in [5.41, 5.74) is 1.71. The van der Waals surface area contributed by atoms with Crippen molar-refractivity contribution in [2.45, 2.75) is 24.3 Å². The third-order valence-electron chi connectivity index (χ3n) is 2.14. The Bertz CT molecular complexity index is 183. The van der Waals surface area contributed by atoms with Crippen LogP contribution in [0.15, 0.2) is 12.3 Å². The second-order valence-corrected chi connectivity index (χ2v) is 3.12. The fourth-order valence-corrected chi connectivity index (χ4v) is 1.46. The highest BCUT2D eigenvalue weighted by molar-refractivity contribution is 5.16. The summed E-state index contributed by atoms with van der Waals surface area (Å²) in [6, 6.07) is 0. The zero-order chi connectivity index (χ0) is 9.24. The quantitative estimate of drug-likeness (QED) is 0.430. The maximum Gasteiger partial charge on any atom is 0.252 e. The molecule has 1 aliphatic carbocycles. The van der Waals surface area contributed by atoms with Crippen LogP contribution in [0.5, 0.6) is 0 Å². The van der Waals surface area contributed by atoms with E-state index >= 15 is 0 Å². The van der Waals surface area contributed by atoms with E-state index in [1.54, 1.807) is 13.1 Å². The second kappa shape index (κ2) is 2.99. The van der Waals surface area contributed by atoms with Crippen LogP contribution in [-0.4, -0.2) is 18.5 Å². The normalized spacial score (nSPS) is 25.3. The van der Waals surface area contributed by atoms with E-state index in [0.717, 1.165) is 0 Å². The van der Waals surface area contributed by atoms with Crippen LogP contribution in [0.25, 0.3) is 0 Å². The molecule has 1 aliphatic rings. The molecule has 0 aromatic carbocycles. The molecule has 0 unspecified atom stereocenters. The van der Waals surface area contributed by atoms with Crippen molar-refractivity contribution in [2.75, 3.05) is 7.05 Å². The highest BCUT2D eigenvalue weighted by Crippen LogP contribution is 2.45. The fourth-order valence-electron chi connectivity index (χ4n) is 1.46. The first-order valence-electron chi connectivity index (χ1n) is 3.74. The van der Waals surface area contributed by atoms with Gasteiger partial charge in [0.2, 0.25) is 0 Å². The lowest BCUT2D eigenvalue weighted by Crippen LogP contribution is -2.58. The molecule has 0 saturated heterocycles. The van der Waals surface area contributed by atoms with Crippen molar-refractivity contribution < 1.29 is 8.78 Å². The van der Waals surface area contributed by atoms with E-state index in [0.29, 0.717) is 0 Å². The van der Waals surface area contributed by atoms with Crippen LogP contribution in [0.1, 0.15) is 12.8 Å². The zero-order valence-corrected chi connectivity index (χ0v) is 6.90. The maximum absolute atomic E-state index is 12.5. The van der Waals surface area contributed by atoms with Crippen LogP contribution in [0.2, 0.25) is 0 Å². The molecule has 1 fully saturated rings. The van der Waals surface area contributed by atoms with Gasteiger partial charge in [-0.1, -0.05) is 0 Å². The summed E-state index contributed by atoms with van der Waals surface area (Å²) in [6.45, 7) is 0. The fraction of sp³-hybridized carbons (Fsp3) is 0.714. The summed E-state index contributed by atoms with van der Waals surface area (Å²) < 4.78 is 25.0. The molecule has 70 valence electrons. The Balaban J connectivity index is 2.53. The number of hydrogen-bond donors (Lipinski definition) is 3. The van der Waals surface area contributed by atoms with Gasteiger partial charge in [-0.15, -0.1) is 0 Å². The average Bonchev–Trinajstić information content (AvgIpc) is 1.96. The van der Waals surface area contributed by atoms with Gasteiger partial charge in [-0.3, -0.25) is 5.84 Å². The minimum atomic E-state index is -2.53. The molecule has 0 aromatic heterocycles. The number of likely N-dealkylation sites (N-methyl/N-ethyl adjacent to an activating group) is 1. The Morgan fingerprint density at radius 3 is 2.33 bits per heavy atom. The number of hydrazine groups is 1. The van der Waals surface area contributed by atoms with E-state index < -0.39 is 11.5 Å². The lowest BCUT2D eigenvalue weighted by atomic mass is 9.73. The Kier molecular flexibility index (Phi) is 2.34. The molecule has 0 bridgehead atoms. The molecule has 0 aliphatic heterocycles. The van der Waals surface area contributed by atoms with E-state index in [9.17, 15) is 8.78 Å². The van der Waals surface area contributed by atoms with Gasteiger partial charge in [-0.2, -0.15) is 0 Å². The Hall–Kier alpha value is -0.680. The zero-order valence-electron chi connectivity index (χ0n) is 6.90. The molecule has 0 amide bonds. The first-order valence-corrected chi connectivity index (χ1v) is 3.74. The van der Waals surface area contributed by atoms with Crippen LogP contribution in [0.4, 0.5) is 8.78 Å². The second-order valence-electron chi connectivity index (χ2n) is 3.12. The number of nitrogens with one attached hydrogen (secondary N) is 2. The van der Waals surface area contributed by atoms with Gasteiger partial charge in [0, 0.05) is 24.6 Å². The van der Waals surface area contributed by atoms with Crippen molar-refractivity contribution in [3.8, 4) is 0 Å². The molecule has 4 N–H and O–H groups in total. The number of rotatable bonds is 3. The summed E-state index contributed by atoms with van der Waals surface area (Å²) in [5, 5.41) is 2.84. The van der Waals surface area contributed by atoms with Crippen molar-refractivity contribution in [1.82, 2.24) is 10.7 Å². The van der Waals surface area contributed by atoms with Gasteiger partial charge in [-0.05, 0) is 13.1 Å². The van der Waals surface area contributed by atoms with Crippen LogP contribution in [0.3, 0.4) is 0 Å². The molecular formula is C7H13F2N3. The molecule has 12 heavy (non-hydrogen) atoms. The van der Waals surface area contributed by atoms with Gasteiger partial charge in [0.05, 0.1) is 0 Å². The van der Waals surface area contributed by atoms with E-state index in [-0.39, 0.29) is 12.8 Å². The van der Waals surface area contributed by atoms with Crippen LogP contribution < -0.4 is 16.6 Å². The predicted molar refractivity (Wildman–Crippen MR) is 42.4 cm³/mol. The van der Waals surface area contributed by atoms with Crippen molar-refractivity contribution >= 4 is 0 Å². The summed E-state index contributed by atoms with van der Waals surface area (Å²) in [5.74, 6) is 2.46. The molecule has 0 aromatic rings. The van der Waals surface area contributed by atoms with Crippen molar-refractivity contribution in [2.24, 2.45) is 5.84 Å². The summed E-state index contributed by atoms with van der Waals surface area (Å²) in [7, 11) is 1.66. The van der Waals surface area contributed by atoms with Gasteiger partial charge in [0.1, 0.15) is 0 Å². The number of nitrogens with two attached hydrogens (primary N) is 1. The van der Waals surface area contributed by atoms with Crippen LogP contribution in [-0.2, 0) is 0 Å². The third kappa shape index (κ3) is 1.73. The minimum absolute atomic E-state index is 0.158. The lowest BCUT2D eigenvalue weighted by Gasteiger charge is -2.45. The average molecular weight is 177 g/mol. The van der Waals surface area contributed by atoms with Gasteiger partial charge in [0.25, 0.3) is 5.92 Å². The van der Waals surface area contributed by atoms with Crippen molar-refractivity contribution in [1.29, 1.82) is 0 Å². The third-order valence-corrected chi connectivity index (χ3v) is 2.14. The standard InChI is InChI=1S/C7H13F2N3/c1-11-6(2-3-12-10)4-7(8,9)5-6/h2-3,11-12H,4-5,10H2,1H3/b3-2+. The molecule has 1 rings (SSSR count).